The lowest BCUT2D eigenvalue weighted by molar-refractivity contribution is 0.328. The number of rotatable bonds is 5. The molecule has 3 N–H and O–H groups in total. The fraction of sp³-hybridized carbons (Fsp3) is 0.273. The number of nitrogen functional groups attached to an aromatic ring is 1. The second-order valence-corrected chi connectivity index (χ2v) is 5.27. The van der Waals surface area contributed by atoms with E-state index in [9.17, 15) is 0 Å². The van der Waals surface area contributed by atoms with E-state index in [1.807, 2.05) is 18.4 Å². The zero-order valence-corrected chi connectivity index (χ0v) is 12.2. The predicted molar refractivity (Wildman–Crippen MR) is 77.0 cm³/mol. The number of nitrogens with two attached hydrogens (primary N) is 1. The van der Waals surface area contributed by atoms with Crippen LogP contribution in [0.15, 0.2) is 22.2 Å². The Hall–Kier alpha value is -1.34. The Morgan fingerprint density at radius 3 is 3.00 bits per heavy atom. The molecule has 0 aliphatic rings. The number of ether oxygens (including phenoxy) is 1. The number of thiophene rings is 1. The Labute approximate surface area is 118 Å². The molecule has 96 valence electrons. The van der Waals surface area contributed by atoms with Gasteiger partial charge in [-0.1, -0.05) is 0 Å². The molecule has 2 heterocycles. The van der Waals surface area contributed by atoms with Crippen LogP contribution in [-0.2, 0) is 6.54 Å². The summed E-state index contributed by atoms with van der Waals surface area (Å²) in [5, 5.41) is 5.20. The van der Waals surface area contributed by atoms with E-state index in [0.717, 1.165) is 4.47 Å². The minimum atomic E-state index is 0.417. The van der Waals surface area contributed by atoms with Gasteiger partial charge in [-0.05, 0) is 34.3 Å². The van der Waals surface area contributed by atoms with Crippen molar-refractivity contribution in [3.63, 3.8) is 0 Å². The van der Waals surface area contributed by atoms with Crippen molar-refractivity contribution in [2.75, 3.05) is 17.7 Å². The first-order chi connectivity index (χ1) is 8.72. The second-order valence-electron chi connectivity index (χ2n) is 3.42. The maximum atomic E-state index is 5.93. The van der Waals surface area contributed by atoms with Crippen molar-refractivity contribution in [2.45, 2.75) is 13.5 Å². The molecule has 0 aliphatic heterocycles. The van der Waals surface area contributed by atoms with Crippen LogP contribution in [0.3, 0.4) is 0 Å². The fourth-order valence-electron chi connectivity index (χ4n) is 1.39. The molecule has 0 saturated carbocycles. The second kappa shape index (κ2) is 6.01. The first kappa shape index (κ1) is 13.1. The van der Waals surface area contributed by atoms with Crippen molar-refractivity contribution in [1.29, 1.82) is 0 Å². The molecule has 2 aromatic rings. The summed E-state index contributed by atoms with van der Waals surface area (Å²) in [7, 11) is 0. The summed E-state index contributed by atoms with van der Waals surface area (Å²) in [4.78, 5) is 9.28. The highest BCUT2D eigenvalue weighted by Crippen LogP contribution is 2.27. The molecule has 2 rings (SSSR count). The lowest BCUT2D eigenvalue weighted by atomic mass is 10.4. The average molecular weight is 329 g/mol. The van der Waals surface area contributed by atoms with Crippen LogP contribution in [0.4, 0.5) is 11.5 Å². The molecule has 0 unspecified atom stereocenters. The SMILES string of the molecule is CCOc1ncnc(NCc2sccc2Br)c1N. The van der Waals surface area contributed by atoms with Gasteiger partial charge in [0.25, 0.3) is 0 Å². The molecule has 18 heavy (non-hydrogen) atoms. The number of nitrogens with one attached hydrogen (secondary N) is 1. The largest absolute Gasteiger partial charge is 0.476 e. The maximum Gasteiger partial charge on any atom is 0.242 e. The van der Waals surface area contributed by atoms with Crippen molar-refractivity contribution in [3.05, 3.63) is 27.1 Å². The summed E-state index contributed by atoms with van der Waals surface area (Å²) < 4.78 is 6.40. The zero-order chi connectivity index (χ0) is 13.0. The van der Waals surface area contributed by atoms with Gasteiger partial charge in [-0.3, -0.25) is 0 Å². The molecule has 5 nitrogen and oxygen atoms in total. The van der Waals surface area contributed by atoms with Gasteiger partial charge in [0, 0.05) is 9.35 Å². The lowest BCUT2D eigenvalue weighted by Gasteiger charge is -2.10. The van der Waals surface area contributed by atoms with E-state index < -0.39 is 0 Å². The maximum absolute atomic E-state index is 5.93. The Balaban J connectivity index is 2.10. The van der Waals surface area contributed by atoms with E-state index in [2.05, 4.69) is 31.2 Å². The Morgan fingerprint density at radius 1 is 1.50 bits per heavy atom. The number of nitrogens with zero attached hydrogens (tertiary/aromatic N) is 2. The monoisotopic (exact) mass is 328 g/mol. The van der Waals surface area contributed by atoms with Crippen molar-refractivity contribution in [2.24, 2.45) is 0 Å². The molecule has 2 aromatic heterocycles. The first-order valence-electron chi connectivity index (χ1n) is 5.41. The highest BCUT2D eigenvalue weighted by atomic mass is 79.9. The van der Waals surface area contributed by atoms with Crippen molar-refractivity contribution >= 4 is 38.8 Å². The third kappa shape index (κ3) is 2.91. The Morgan fingerprint density at radius 2 is 2.33 bits per heavy atom. The van der Waals surface area contributed by atoms with E-state index in [4.69, 9.17) is 10.5 Å². The number of anilines is 2. The van der Waals surface area contributed by atoms with Gasteiger partial charge < -0.3 is 15.8 Å². The highest BCUT2D eigenvalue weighted by Gasteiger charge is 2.09. The van der Waals surface area contributed by atoms with E-state index in [1.54, 1.807) is 11.3 Å². The van der Waals surface area contributed by atoms with Gasteiger partial charge in [-0.15, -0.1) is 11.3 Å². The summed E-state index contributed by atoms with van der Waals surface area (Å²) in [5.74, 6) is 1.01. The molecule has 0 spiro atoms. The Kier molecular flexibility index (Phi) is 4.38. The van der Waals surface area contributed by atoms with Crippen molar-refractivity contribution in [3.8, 4) is 5.88 Å². The van der Waals surface area contributed by atoms with Crippen LogP contribution in [0.5, 0.6) is 5.88 Å². The fourth-order valence-corrected chi connectivity index (χ4v) is 2.82. The topological polar surface area (TPSA) is 73.1 Å². The van der Waals surface area contributed by atoms with Crippen LogP contribution in [0.2, 0.25) is 0 Å². The van der Waals surface area contributed by atoms with Gasteiger partial charge in [-0.25, -0.2) is 4.98 Å². The summed E-state index contributed by atoms with van der Waals surface area (Å²) in [6, 6.07) is 2.01. The third-order valence-corrected chi connectivity index (χ3v) is 4.16. The van der Waals surface area contributed by atoms with Crippen LogP contribution in [0.1, 0.15) is 11.8 Å². The lowest BCUT2D eigenvalue weighted by Crippen LogP contribution is -2.07. The Bertz CT molecular complexity index is 532. The third-order valence-electron chi connectivity index (χ3n) is 2.24. The van der Waals surface area contributed by atoms with Gasteiger partial charge in [0.15, 0.2) is 5.82 Å². The van der Waals surface area contributed by atoms with E-state index in [0.29, 0.717) is 30.5 Å². The zero-order valence-electron chi connectivity index (χ0n) is 9.81. The standard InChI is InChI=1S/C11H13BrN4OS/c1-2-17-11-9(13)10(15-6-16-11)14-5-8-7(12)3-4-18-8/h3-4,6H,2,5,13H2,1H3,(H,14,15,16). The molecule has 0 saturated heterocycles. The molecule has 0 amide bonds. The predicted octanol–water partition coefficient (Wildman–Crippen LogP) is 2.89. The van der Waals surface area contributed by atoms with Gasteiger partial charge in [0.2, 0.25) is 5.88 Å². The van der Waals surface area contributed by atoms with Crippen LogP contribution in [-0.4, -0.2) is 16.6 Å². The summed E-state index contributed by atoms with van der Waals surface area (Å²) in [6.45, 7) is 3.07. The van der Waals surface area contributed by atoms with Crippen molar-refractivity contribution in [1.82, 2.24) is 9.97 Å². The smallest absolute Gasteiger partial charge is 0.242 e. The molecule has 0 aliphatic carbocycles. The minimum absolute atomic E-state index is 0.417. The first-order valence-corrected chi connectivity index (χ1v) is 7.08. The molecule has 7 heteroatoms. The number of hydrogen-bond donors (Lipinski definition) is 2. The van der Waals surface area contributed by atoms with Gasteiger partial charge in [0.1, 0.15) is 12.0 Å². The quantitative estimate of drug-likeness (QED) is 0.882. The van der Waals surface area contributed by atoms with Gasteiger partial charge in [-0.2, -0.15) is 4.98 Å². The number of halogens is 1. The van der Waals surface area contributed by atoms with Crippen LogP contribution in [0.25, 0.3) is 0 Å². The molecule has 0 radical (unpaired) electrons. The van der Waals surface area contributed by atoms with E-state index >= 15 is 0 Å². The highest BCUT2D eigenvalue weighted by molar-refractivity contribution is 9.10. The molecular weight excluding hydrogens is 316 g/mol. The normalized spacial score (nSPS) is 10.3. The van der Waals surface area contributed by atoms with E-state index in [-0.39, 0.29) is 0 Å². The van der Waals surface area contributed by atoms with Crippen LogP contribution in [0, 0.1) is 0 Å². The molecule has 0 fully saturated rings. The van der Waals surface area contributed by atoms with Gasteiger partial charge in [0.05, 0.1) is 13.2 Å². The molecular formula is C11H13BrN4OS. The number of hydrogen-bond acceptors (Lipinski definition) is 6. The van der Waals surface area contributed by atoms with Gasteiger partial charge >= 0.3 is 0 Å². The summed E-state index contributed by atoms with van der Waals surface area (Å²) >= 11 is 5.14. The van der Waals surface area contributed by atoms with Crippen molar-refractivity contribution < 1.29 is 4.74 Å². The molecule has 0 atom stereocenters. The molecule has 0 bridgehead atoms. The average Bonchev–Trinajstić information content (AvgIpc) is 2.76. The minimum Gasteiger partial charge on any atom is -0.476 e. The van der Waals surface area contributed by atoms with Crippen LogP contribution >= 0.6 is 27.3 Å². The number of aromatic nitrogens is 2. The summed E-state index contributed by atoms with van der Waals surface area (Å²) in [6.07, 6.45) is 1.44. The van der Waals surface area contributed by atoms with Crippen LogP contribution < -0.4 is 15.8 Å². The van der Waals surface area contributed by atoms with E-state index in [1.165, 1.54) is 11.2 Å². The summed E-state index contributed by atoms with van der Waals surface area (Å²) in [5.41, 5.74) is 6.36. The molecule has 0 aromatic carbocycles.